The Morgan fingerprint density at radius 2 is 2.11 bits per heavy atom. The zero-order valence-electron chi connectivity index (χ0n) is 13.0. The first-order valence-corrected chi connectivity index (χ1v) is 11.2. The van der Waals surface area contributed by atoms with Gasteiger partial charge in [-0.05, 0) is 0 Å². The van der Waals surface area contributed by atoms with Crippen LogP contribution in [-0.2, 0) is 21.3 Å². The molecule has 0 heterocycles. The summed E-state index contributed by atoms with van der Waals surface area (Å²) in [5.74, 6) is 0.687. The first kappa shape index (κ1) is 15.1. The van der Waals surface area contributed by atoms with E-state index >= 15 is 0 Å². The van der Waals surface area contributed by atoms with Crippen LogP contribution in [0.4, 0.5) is 0 Å². The van der Waals surface area contributed by atoms with Gasteiger partial charge in [-0.1, -0.05) is 0 Å². The minimum atomic E-state index is -1.71. The molecule has 0 aromatic carbocycles. The maximum atomic E-state index is 2.54. The molecule has 1 unspecified atom stereocenters. The van der Waals surface area contributed by atoms with Crippen molar-refractivity contribution in [1.82, 2.24) is 0 Å². The third-order valence-electron chi connectivity index (χ3n) is 4.17. The van der Waals surface area contributed by atoms with E-state index in [1.165, 1.54) is 19.3 Å². The molecule has 0 spiro atoms. The summed E-state index contributed by atoms with van der Waals surface area (Å²) < 4.78 is 5.35. The molecule has 0 bridgehead atoms. The first-order valence-electron chi connectivity index (χ1n) is 7.52. The van der Waals surface area contributed by atoms with Crippen molar-refractivity contribution in [2.24, 2.45) is 5.92 Å². The summed E-state index contributed by atoms with van der Waals surface area (Å²) in [6.45, 7) is 11.8. The molecule has 1 atom stereocenters. The standard InChI is InChI=1S/C10H15.C5H5.C3H6.Zr/c1-4-5-10-7-8(2)6-9(10)3;1-2-4-5-3-1;1-3-2;/h7-8H,4-5H2,1-3H3;1-3H,4H2;1-2H3;. The van der Waals surface area contributed by atoms with Gasteiger partial charge in [0.1, 0.15) is 0 Å². The van der Waals surface area contributed by atoms with E-state index in [2.05, 4.69) is 58.9 Å². The van der Waals surface area contributed by atoms with Crippen LogP contribution in [0.5, 0.6) is 0 Å². The van der Waals surface area contributed by atoms with Crippen molar-refractivity contribution in [3.63, 3.8) is 0 Å². The van der Waals surface area contributed by atoms with Gasteiger partial charge >= 0.3 is 126 Å². The molecule has 0 aliphatic heterocycles. The molecule has 0 saturated carbocycles. The summed E-state index contributed by atoms with van der Waals surface area (Å²) in [6.07, 6.45) is 13.3. The second-order valence-electron chi connectivity index (χ2n) is 5.97. The van der Waals surface area contributed by atoms with Crippen LogP contribution in [0.15, 0.2) is 42.0 Å². The molecule has 102 valence electrons. The summed E-state index contributed by atoms with van der Waals surface area (Å²) in [6, 6.07) is 0. The SMILES string of the molecule is CCCC1=CC(C)[C]([Zr]([C]2=CC=CC2)=[C](C)C)=C1C. The van der Waals surface area contributed by atoms with E-state index in [0.29, 0.717) is 5.92 Å². The van der Waals surface area contributed by atoms with Crippen LogP contribution in [0.2, 0.25) is 0 Å². The average molecular weight is 334 g/mol. The number of allylic oxidation sites excluding steroid dienone is 8. The third kappa shape index (κ3) is 3.07. The molecule has 0 aromatic rings. The van der Waals surface area contributed by atoms with Gasteiger partial charge < -0.3 is 0 Å². The van der Waals surface area contributed by atoms with E-state index in [1.54, 1.807) is 17.6 Å². The molecule has 0 fully saturated rings. The summed E-state index contributed by atoms with van der Waals surface area (Å²) in [5.41, 5.74) is 3.29. The molecule has 1 heteroatoms. The molecule has 0 nitrogen and oxygen atoms in total. The minimum absolute atomic E-state index is 0.687. The van der Waals surface area contributed by atoms with Crippen molar-refractivity contribution in [2.75, 3.05) is 0 Å². The number of rotatable bonds is 4. The van der Waals surface area contributed by atoms with E-state index in [1.807, 2.05) is 3.28 Å². The van der Waals surface area contributed by atoms with Crippen molar-refractivity contribution in [1.29, 1.82) is 0 Å². The molecule has 19 heavy (non-hydrogen) atoms. The molecule has 2 aliphatic carbocycles. The van der Waals surface area contributed by atoms with Gasteiger partial charge in [-0.15, -0.1) is 0 Å². The second-order valence-corrected chi connectivity index (χ2v) is 13.2. The Labute approximate surface area is 126 Å². The van der Waals surface area contributed by atoms with E-state index in [4.69, 9.17) is 0 Å². The van der Waals surface area contributed by atoms with Crippen molar-refractivity contribution >= 4 is 3.21 Å². The van der Waals surface area contributed by atoms with Crippen LogP contribution < -0.4 is 0 Å². The molecular weight excluding hydrogens is 307 g/mol. The molecule has 0 aromatic heterocycles. The monoisotopic (exact) mass is 332 g/mol. The summed E-state index contributed by atoms with van der Waals surface area (Å²) in [5, 5.41) is 0. The Morgan fingerprint density at radius 1 is 1.37 bits per heavy atom. The summed E-state index contributed by atoms with van der Waals surface area (Å²) >= 11 is -1.71. The van der Waals surface area contributed by atoms with Crippen LogP contribution in [0.1, 0.15) is 53.9 Å². The number of hydrogen-bond donors (Lipinski definition) is 0. The van der Waals surface area contributed by atoms with E-state index < -0.39 is 21.3 Å². The average Bonchev–Trinajstić information content (AvgIpc) is 2.94. The van der Waals surface area contributed by atoms with Crippen LogP contribution in [-0.4, -0.2) is 3.21 Å². The van der Waals surface area contributed by atoms with Crippen LogP contribution in [0.3, 0.4) is 0 Å². The van der Waals surface area contributed by atoms with Gasteiger partial charge in [0.25, 0.3) is 0 Å². The normalized spacial score (nSPS) is 21.8. The fourth-order valence-electron chi connectivity index (χ4n) is 3.38. The maximum absolute atomic E-state index is 2.54. The topological polar surface area (TPSA) is 0 Å². The Balaban J connectivity index is 2.42. The Morgan fingerprint density at radius 3 is 2.63 bits per heavy atom. The molecule has 0 N–H and O–H groups in total. The van der Waals surface area contributed by atoms with Crippen LogP contribution in [0.25, 0.3) is 0 Å². The van der Waals surface area contributed by atoms with Gasteiger partial charge in [0.05, 0.1) is 0 Å². The Bertz CT molecular complexity index is 520. The third-order valence-corrected chi connectivity index (χ3v) is 12.5. The quantitative estimate of drug-likeness (QED) is 0.654. The summed E-state index contributed by atoms with van der Waals surface area (Å²) in [7, 11) is 0. The van der Waals surface area contributed by atoms with Crippen molar-refractivity contribution < 1.29 is 21.3 Å². The van der Waals surface area contributed by atoms with Gasteiger partial charge in [-0.3, -0.25) is 0 Å². The predicted octanol–water partition coefficient (Wildman–Crippen LogP) is 5.31. The van der Waals surface area contributed by atoms with Crippen molar-refractivity contribution in [2.45, 2.75) is 53.9 Å². The molecule has 2 aliphatic rings. The molecule has 0 radical (unpaired) electrons. The molecule has 0 amide bonds. The van der Waals surface area contributed by atoms with E-state index in [0.717, 1.165) is 0 Å². The fourth-order valence-corrected chi connectivity index (χ4v) is 11.2. The second kappa shape index (κ2) is 6.44. The predicted molar refractivity (Wildman–Crippen MR) is 83.1 cm³/mol. The molecule has 2 rings (SSSR count). The van der Waals surface area contributed by atoms with Gasteiger partial charge in [0.15, 0.2) is 0 Å². The Kier molecular flexibility index (Phi) is 5.12. The van der Waals surface area contributed by atoms with E-state index in [-0.39, 0.29) is 0 Å². The van der Waals surface area contributed by atoms with Gasteiger partial charge in [-0.2, -0.15) is 0 Å². The first-order chi connectivity index (χ1) is 9.06. The van der Waals surface area contributed by atoms with Crippen molar-refractivity contribution in [3.8, 4) is 0 Å². The van der Waals surface area contributed by atoms with Crippen LogP contribution in [0, 0.1) is 5.92 Å². The van der Waals surface area contributed by atoms with Gasteiger partial charge in [0, 0.05) is 0 Å². The zero-order valence-corrected chi connectivity index (χ0v) is 15.5. The summed E-state index contributed by atoms with van der Waals surface area (Å²) in [4.78, 5) is 0. The van der Waals surface area contributed by atoms with Crippen molar-refractivity contribution in [3.05, 3.63) is 42.0 Å². The van der Waals surface area contributed by atoms with Gasteiger partial charge in [0.2, 0.25) is 0 Å². The fraction of sp³-hybridized carbons (Fsp3) is 0.500. The van der Waals surface area contributed by atoms with Crippen LogP contribution >= 0.6 is 0 Å². The molecule has 0 saturated heterocycles. The Hall–Kier alpha value is -0.287. The number of hydrogen-bond acceptors (Lipinski definition) is 0. The van der Waals surface area contributed by atoms with E-state index in [9.17, 15) is 0 Å². The zero-order chi connectivity index (χ0) is 14.0. The molecular formula is C18H26Zr. The van der Waals surface area contributed by atoms with Gasteiger partial charge in [-0.25, -0.2) is 0 Å².